The van der Waals surface area contributed by atoms with Crippen molar-refractivity contribution in [1.82, 2.24) is 0 Å². The molecular formula is C15H30O4Si. The molecule has 118 valence electrons. The van der Waals surface area contributed by atoms with Crippen LogP contribution in [0.25, 0.3) is 0 Å². The molecule has 0 N–H and O–H groups in total. The van der Waals surface area contributed by atoms with Gasteiger partial charge in [0.2, 0.25) is 0 Å². The lowest BCUT2D eigenvalue weighted by atomic mass is 10.5. The third-order valence-electron chi connectivity index (χ3n) is 2.69. The Bertz CT molecular complexity index is 242. The first-order valence-electron chi connectivity index (χ1n) is 7.32. The summed E-state index contributed by atoms with van der Waals surface area (Å²) in [5, 5.41) is 0. The zero-order chi connectivity index (χ0) is 15.3. The molecule has 0 aliphatic carbocycles. The molecule has 1 atom stereocenters. The van der Waals surface area contributed by atoms with Crippen LogP contribution in [0.15, 0.2) is 25.3 Å². The Kier molecular flexibility index (Phi) is 12.0. The van der Waals surface area contributed by atoms with Crippen LogP contribution >= 0.6 is 0 Å². The van der Waals surface area contributed by atoms with Crippen molar-refractivity contribution in [2.75, 3.05) is 33.0 Å². The number of rotatable bonds is 11. The first-order chi connectivity index (χ1) is 9.61. The fraction of sp³-hybridized carbons (Fsp3) is 0.733. The summed E-state index contributed by atoms with van der Waals surface area (Å²) in [6.45, 7) is 16.7. The van der Waals surface area contributed by atoms with E-state index in [1.165, 1.54) is 0 Å². The average molecular weight is 302 g/mol. The molecule has 0 radical (unpaired) electrons. The van der Waals surface area contributed by atoms with Gasteiger partial charge < -0.3 is 18.3 Å². The van der Waals surface area contributed by atoms with Gasteiger partial charge in [0.15, 0.2) is 0 Å². The van der Waals surface area contributed by atoms with E-state index in [1.54, 1.807) is 12.2 Å². The Morgan fingerprint density at radius 1 is 1.20 bits per heavy atom. The number of hydrogen-bond donors (Lipinski definition) is 0. The second-order valence-corrected chi connectivity index (χ2v) is 7.95. The summed E-state index contributed by atoms with van der Waals surface area (Å²) >= 11 is 0. The molecule has 1 unspecified atom stereocenters. The summed E-state index contributed by atoms with van der Waals surface area (Å²) in [4.78, 5) is 0. The van der Waals surface area contributed by atoms with E-state index in [0.717, 1.165) is 45.5 Å². The quantitative estimate of drug-likeness (QED) is 0.254. The van der Waals surface area contributed by atoms with Crippen LogP contribution in [0.2, 0.25) is 12.6 Å². The van der Waals surface area contributed by atoms with E-state index in [9.17, 15) is 0 Å². The molecule has 1 aliphatic heterocycles. The highest BCUT2D eigenvalue weighted by Crippen LogP contribution is 2.16. The largest absolute Gasteiger partial charge is 0.395 e. The number of allylic oxidation sites excluding steroid dienone is 2. The fourth-order valence-corrected chi connectivity index (χ4v) is 4.05. The van der Waals surface area contributed by atoms with Gasteiger partial charge in [-0.2, -0.15) is 0 Å². The van der Waals surface area contributed by atoms with E-state index in [1.807, 2.05) is 13.8 Å². The van der Waals surface area contributed by atoms with Crippen LogP contribution in [0.4, 0.5) is 0 Å². The highest BCUT2D eigenvalue weighted by molar-refractivity contribution is 6.66. The second kappa shape index (κ2) is 12.3. The van der Waals surface area contributed by atoms with Crippen LogP contribution in [0.3, 0.4) is 0 Å². The van der Waals surface area contributed by atoms with Crippen molar-refractivity contribution in [3.8, 4) is 0 Å². The highest BCUT2D eigenvalue weighted by atomic mass is 28.4. The standard InChI is InChI=1S/C11H24O4Si.C4H6/c1-4-14-16(3,15-5-2)8-6-7-12-9-11-10-13-11;1-3-4-2/h11H,4-10H2,1-3H3;3-4H,1-2H2. The van der Waals surface area contributed by atoms with Crippen LogP contribution in [0.1, 0.15) is 20.3 Å². The maximum absolute atomic E-state index is 5.75. The van der Waals surface area contributed by atoms with Crippen molar-refractivity contribution in [2.45, 2.75) is 39.0 Å². The lowest BCUT2D eigenvalue weighted by Crippen LogP contribution is -2.38. The lowest BCUT2D eigenvalue weighted by Gasteiger charge is -2.25. The molecule has 0 aromatic heterocycles. The third kappa shape index (κ3) is 11.4. The van der Waals surface area contributed by atoms with Crippen molar-refractivity contribution in [1.29, 1.82) is 0 Å². The predicted molar refractivity (Wildman–Crippen MR) is 85.2 cm³/mol. The molecule has 0 bridgehead atoms. The van der Waals surface area contributed by atoms with Crippen LogP contribution in [0.5, 0.6) is 0 Å². The van der Waals surface area contributed by atoms with Gasteiger partial charge in [-0.1, -0.05) is 25.3 Å². The van der Waals surface area contributed by atoms with Crippen molar-refractivity contribution in [2.24, 2.45) is 0 Å². The van der Waals surface area contributed by atoms with Gasteiger partial charge in [-0.25, -0.2) is 0 Å². The van der Waals surface area contributed by atoms with Crippen molar-refractivity contribution >= 4 is 8.56 Å². The Morgan fingerprint density at radius 3 is 2.15 bits per heavy atom. The van der Waals surface area contributed by atoms with Crippen molar-refractivity contribution < 1.29 is 18.3 Å². The molecular weight excluding hydrogens is 272 g/mol. The fourth-order valence-electron chi connectivity index (χ4n) is 1.67. The zero-order valence-corrected chi connectivity index (χ0v) is 14.2. The Hall–Kier alpha value is -0.463. The monoisotopic (exact) mass is 302 g/mol. The third-order valence-corrected chi connectivity index (χ3v) is 5.75. The minimum absolute atomic E-state index is 0.363. The Balaban J connectivity index is 0.000000796. The molecule has 20 heavy (non-hydrogen) atoms. The van der Waals surface area contributed by atoms with Gasteiger partial charge in [-0.3, -0.25) is 0 Å². The first kappa shape index (κ1) is 19.5. The second-order valence-electron chi connectivity index (χ2n) is 4.61. The van der Waals surface area contributed by atoms with Gasteiger partial charge in [0.1, 0.15) is 6.10 Å². The van der Waals surface area contributed by atoms with Crippen LogP contribution in [0, 0.1) is 0 Å². The zero-order valence-electron chi connectivity index (χ0n) is 13.2. The minimum Gasteiger partial charge on any atom is -0.395 e. The summed E-state index contributed by atoms with van der Waals surface area (Å²) < 4.78 is 22.1. The summed E-state index contributed by atoms with van der Waals surface area (Å²) in [5.74, 6) is 0. The Labute approximate surface area is 125 Å². The number of hydrogen-bond acceptors (Lipinski definition) is 4. The SMILES string of the molecule is C=CC=C.CCO[Si](C)(CCCOCC1CO1)OCC. The van der Waals surface area contributed by atoms with Crippen LogP contribution < -0.4 is 0 Å². The maximum atomic E-state index is 5.75. The molecule has 1 heterocycles. The van der Waals surface area contributed by atoms with E-state index >= 15 is 0 Å². The minimum atomic E-state index is -1.92. The molecule has 1 saturated heterocycles. The molecule has 0 saturated carbocycles. The van der Waals surface area contributed by atoms with Gasteiger partial charge in [0, 0.05) is 19.8 Å². The van der Waals surface area contributed by atoms with Gasteiger partial charge >= 0.3 is 8.56 Å². The Morgan fingerprint density at radius 2 is 1.75 bits per heavy atom. The van der Waals surface area contributed by atoms with E-state index in [2.05, 4.69) is 19.7 Å². The summed E-state index contributed by atoms with van der Waals surface area (Å²) in [7, 11) is -1.92. The number of epoxide rings is 1. The summed E-state index contributed by atoms with van der Waals surface area (Å²) in [5.41, 5.74) is 0. The molecule has 5 heteroatoms. The molecule has 0 spiro atoms. The predicted octanol–water partition coefficient (Wildman–Crippen LogP) is 3.30. The van der Waals surface area contributed by atoms with Gasteiger partial charge in [-0.15, -0.1) is 0 Å². The molecule has 1 aliphatic rings. The topological polar surface area (TPSA) is 40.2 Å². The summed E-state index contributed by atoms with van der Waals surface area (Å²) in [6, 6.07) is 1.00. The maximum Gasteiger partial charge on any atom is 0.334 e. The lowest BCUT2D eigenvalue weighted by molar-refractivity contribution is 0.113. The molecule has 0 aromatic rings. The highest BCUT2D eigenvalue weighted by Gasteiger charge is 2.30. The molecule has 0 amide bonds. The van der Waals surface area contributed by atoms with E-state index in [-0.39, 0.29) is 0 Å². The van der Waals surface area contributed by atoms with Gasteiger partial charge in [-0.05, 0) is 32.9 Å². The van der Waals surface area contributed by atoms with Crippen molar-refractivity contribution in [3.05, 3.63) is 25.3 Å². The van der Waals surface area contributed by atoms with E-state index in [4.69, 9.17) is 18.3 Å². The van der Waals surface area contributed by atoms with E-state index in [0.29, 0.717) is 6.10 Å². The normalized spacial score (nSPS) is 17.1. The van der Waals surface area contributed by atoms with Crippen molar-refractivity contribution in [3.63, 3.8) is 0 Å². The smallest absolute Gasteiger partial charge is 0.334 e. The molecule has 1 fully saturated rings. The molecule has 4 nitrogen and oxygen atoms in total. The van der Waals surface area contributed by atoms with Gasteiger partial charge in [0.05, 0.1) is 13.2 Å². The van der Waals surface area contributed by atoms with Gasteiger partial charge in [0.25, 0.3) is 0 Å². The summed E-state index contributed by atoms with van der Waals surface area (Å²) in [6.07, 6.45) is 4.65. The van der Waals surface area contributed by atoms with Crippen LogP contribution in [-0.2, 0) is 18.3 Å². The van der Waals surface area contributed by atoms with Crippen LogP contribution in [-0.4, -0.2) is 47.7 Å². The van der Waals surface area contributed by atoms with E-state index < -0.39 is 8.56 Å². The first-order valence-corrected chi connectivity index (χ1v) is 9.85. The molecule has 0 aromatic carbocycles. The number of ether oxygens (including phenoxy) is 2. The average Bonchev–Trinajstić information content (AvgIpc) is 3.23. The molecule has 1 rings (SSSR count).